The molecule has 0 radical (unpaired) electrons. The normalized spacial score (nSPS) is 14.0. The summed E-state index contributed by atoms with van der Waals surface area (Å²) in [6, 6.07) is 2.87. The predicted octanol–water partition coefficient (Wildman–Crippen LogP) is 2.89. The number of rotatable bonds is 4. The number of anilines is 2. The zero-order valence-electron chi connectivity index (χ0n) is 12.4. The summed E-state index contributed by atoms with van der Waals surface area (Å²) < 4.78 is 13.3. The molecule has 0 atom stereocenters. The molecule has 0 spiro atoms. The molecule has 2 aromatic rings. The number of hydrogen-bond acceptors (Lipinski definition) is 6. The summed E-state index contributed by atoms with van der Waals surface area (Å²) in [7, 11) is 0. The Morgan fingerprint density at radius 1 is 1.57 bits per heavy atom. The number of aryl methyl sites for hydroxylation is 1. The molecule has 1 fully saturated rings. The molecule has 6 nitrogen and oxygen atoms in total. The van der Waals surface area contributed by atoms with Crippen molar-refractivity contribution >= 4 is 28.1 Å². The summed E-state index contributed by atoms with van der Waals surface area (Å²) in [6.07, 6.45) is 6.34. The van der Waals surface area contributed by atoms with E-state index in [0.717, 1.165) is 25.3 Å². The smallest absolute Gasteiger partial charge is 0.271 e. The van der Waals surface area contributed by atoms with Crippen LogP contribution < -0.4 is 10.2 Å². The number of thiazole rings is 1. The van der Waals surface area contributed by atoms with Crippen molar-refractivity contribution in [2.24, 2.45) is 0 Å². The number of aromatic nitrogens is 2. The van der Waals surface area contributed by atoms with Gasteiger partial charge in [-0.3, -0.25) is 4.79 Å². The van der Waals surface area contributed by atoms with E-state index < -0.39 is 5.95 Å². The van der Waals surface area contributed by atoms with Gasteiger partial charge in [-0.25, -0.2) is 14.9 Å². The van der Waals surface area contributed by atoms with Crippen LogP contribution >= 0.6 is 11.3 Å². The maximum Gasteiger partial charge on any atom is 0.271 e. The second-order valence-corrected chi connectivity index (χ2v) is 6.46. The van der Waals surface area contributed by atoms with Crippen LogP contribution in [0.5, 0.6) is 0 Å². The topological polar surface area (TPSA) is 81.9 Å². The summed E-state index contributed by atoms with van der Waals surface area (Å²) in [6.45, 7) is 1.78. The van der Waals surface area contributed by atoms with Crippen LogP contribution in [0.4, 0.5) is 15.2 Å². The minimum Gasteiger partial charge on any atom is -0.348 e. The molecular weight excluding hydrogens is 317 g/mol. The molecule has 3 rings (SSSR count). The average Bonchev–Trinajstić information content (AvgIpc) is 2.85. The van der Waals surface area contributed by atoms with Gasteiger partial charge in [0.1, 0.15) is 5.69 Å². The van der Waals surface area contributed by atoms with E-state index >= 15 is 0 Å². The molecule has 1 aliphatic rings. The third-order valence-electron chi connectivity index (χ3n) is 3.70. The molecular formula is C15H14FN5OS. The lowest BCUT2D eigenvalue weighted by atomic mass is 9.93. The van der Waals surface area contributed by atoms with Crippen molar-refractivity contribution in [1.29, 1.82) is 5.26 Å². The van der Waals surface area contributed by atoms with Crippen LogP contribution in [-0.2, 0) is 0 Å². The third kappa shape index (κ3) is 3.14. The summed E-state index contributed by atoms with van der Waals surface area (Å²) in [4.78, 5) is 21.9. The van der Waals surface area contributed by atoms with E-state index in [9.17, 15) is 14.4 Å². The van der Waals surface area contributed by atoms with Crippen LogP contribution in [0.1, 0.15) is 34.6 Å². The molecule has 1 N–H and O–H groups in total. The van der Waals surface area contributed by atoms with Crippen LogP contribution in [0, 0.1) is 24.3 Å². The van der Waals surface area contributed by atoms with Gasteiger partial charge in [0.25, 0.3) is 5.91 Å². The standard InChI is InChI=1S/C15H14FN5OS/c1-9-13(14(22)19-10-3-2-4-10)20-15(23-9)21(8-17)11-5-6-18-12(16)7-11/h5-7,10H,2-4H2,1H3,(H,19,22). The van der Waals surface area contributed by atoms with Crippen LogP contribution in [0.2, 0.25) is 0 Å². The first-order valence-corrected chi connectivity index (χ1v) is 8.00. The Kier molecular flexibility index (Phi) is 4.21. The fourth-order valence-corrected chi connectivity index (χ4v) is 3.12. The van der Waals surface area contributed by atoms with Gasteiger partial charge in [0, 0.05) is 23.2 Å². The van der Waals surface area contributed by atoms with Crippen molar-refractivity contribution in [3.8, 4) is 6.19 Å². The number of amides is 1. The maximum absolute atomic E-state index is 13.3. The molecule has 0 aliphatic heterocycles. The lowest BCUT2D eigenvalue weighted by Gasteiger charge is -2.26. The van der Waals surface area contributed by atoms with Crippen LogP contribution in [-0.4, -0.2) is 21.9 Å². The molecule has 1 amide bonds. The molecule has 1 saturated carbocycles. The molecule has 0 unspecified atom stereocenters. The van der Waals surface area contributed by atoms with Crippen molar-refractivity contribution in [1.82, 2.24) is 15.3 Å². The number of carbonyl (C=O) groups excluding carboxylic acids is 1. The van der Waals surface area contributed by atoms with E-state index in [-0.39, 0.29) is 11.9 Å². The quantitative estimate of drug-likeness (QED) is 0.529. The number of pyridine rings is 1. The number of nitriles is 1. The Balaban J connectivity index is 1.86. The molecule has 2 aromatic heterocycles. The first-order valence-electron chi connectivity index (χ1n) is 7.18. The van der Waals surface area contributed by atoms with Crippen molar-refractivity contribution < 1.29 is 9.18 Å². The van der Waals surface area contributed by atoms with Gasteiger partial charge in [-0.15, -0.1) is 11.3 Å². The lowest BCUT2D eigenvalue weighted by molar-refractivity contribution is 0.0912. The number of carbonyl (C=O) groups is 1. The monoisotopic (exact) mass is 331 g/mol. The molecule has 0 saturated heterocycles. The van der Waals surface area contributed by atoms with Gasteiger partial charge in [0.15, 0.2) is 6.19 Å². The second kappa shape index (κ2) is 6.30. The number of nitrogens with zero attached hydrogens (tertiary/aromatic N) is 4. The van der Waals surface area contributed by atoms with Gasteiger partial charge in [-0.05, 0) is 32.3 Å². The van der Waals surface area contributed by atoms with E-state index in [4.69, 9.17) is 0 Å². The summed E-state index contributed by atoms with van der Waals surface area (Å²) >= 11 is 1.22. The predicted molar refractivity (Wildman–Crippen MR) is 83.9 cm³/mol. The Hall–Kier alpha value is -2.53. The molecule has 1 aliphatic carbocycles. The Morgan fingerprint density at radius 2 is 2.35 bits per heavy atom. The van der Waals surface area contributed by atoms with E-state index in [2.05, 4.69) is 15.3 Å². The highest BCUT2D eigenvalue weighted by Gasteiger charge is 2.24. The highest BCUT2D eigenvalue weighted by molar-refractivity contribution is 7.16. The van der Waals surface area contributed by atoms with Crippen molar-refractivity contribution in [3.05, 3.63) is 34.8 Å². The van der Waals surface area contributed by atoms with Crippen molar-refractivity contribution in [2.45, 2.75) is 32.2 Å². The lowest BCUT2D eigenvalue weighted by Crippen LogP contribution is -2.39. The minimum atomic E-state index is -0.682. The summed E-state index contributed by atoms with van der Waals surface area (Å²) in [5.41, 5.74) is 0.631. The van der Waals surface area contributed by atoms with Gasteiger partial charge in [0.05, 0.1) is 5.69 Å². The zero-order chi connectivity index (χ0) is 16.4. The highest BCUT2D eigenvalue weighted by atomic mass is 32.1. The summed E-state index contributed by atoms with van der Waals surface area (Å²) in [5.74, 6) is -0.910. The Labute approximate surface area is 136 Å². The zero-order valence-corrected chi connectivity index (χ0v) is 13.2. The largest absolute Gasteiger partial charge is 0.348 e. The molecule has 0 bridgehead atoms. The van der Waals surface area contributed by atoms with E-state index in [1.165, 1.54) is 28.5 Å². The van der Waals surface area contributed by atoms with Crippen molar-refractivity contribution in [3.63, 3.8) is 0 Å². The Morgan fingerprint density at radius 3 is 2.96 bits per heavy atom. The Bertz CT molecular complexity index is 780. The van der Waals surface area contributed by atoms with E-state index in [0.29, 0.717) is 21.4 Å². The van der Waals surface area contributed by atoms with Crippen LogP contribution in [0.25, 0.3) is 0 Å². The van der Waals surface area contributed by atoms with Gasteiger partial charge in [0.2, 0.25) is 11.1 Å². The molecule has 118 valence electrons. The van der Waals surface area contributed by atoms with Crippen molar-refractivity contribution in [2.75, 3.05) is 4.90 Å². The maximum atomic E-state index is 13.3. The first-order chi connectivity index (χ1) is 11.1. The molecule has 0 aromatic carbocycles. The fourth-order valence-electron chi connectivity index (χ4n) is 2.24. The highest BCUT2D eigenvalue weighted by Crippen LogP contribution is 2.31. The molecule has 8 heteroatoms. The van der Waals surface area contributed by atoms with E-state index in [1.807, 2.05) is 6.19 Å². The summed E-state index contributed by atoms with van der Waals surface area (Å²) in [5, 5.41) is 12.6. The SMILES string of the molecule is Cc1sc(N(C#N)c2ccnc(F)c2)nc1C(=O)NC1CCC1. The molecule has 23 heavy (non-hydrogen) atoms. The fraction of sp³-hybridized carbons (Fsp3) is 0.333. The van der Waals surface area contributed by atoms with Crippen LogP contribution in [0.3, 0.4) is 0 Å². The number of nitrogens with one attached hydrogen (secondary N) is 1. The third-order valence-corrected chi connectivity index (χ3v) is 4.66. The van der Waals surface area contributed by atoms with E-state index in [1.54, 1.807) is 6.92 Å². The second-order valence-electron chi connectivity index (χ2n) is 5.27. The van der Waals surface area contributed by atoms with Gasteiger partial charge in [-0.1, -0.05) is 0 Å². The van der Waals surface area contributed by atoms with Gasteiger partial charge >= 0.3 is 0 Å². The minimum absolute atomic E-state index is 0.216. The first kappa shape index (κ1) is 15.4. The molecule has 2 heterocycles. The van der Waals surface area contributed by atoms with Gasteiger partial charge in [-0.2, -0.15) is 9.65 Å². The number of hydrogen-bond donors (Lipinski definition) is 1. The van der Waals surface area contributed by atoms with Crippen LogP contribution in [0.15, 0.2) is 18.3 Å². The number of halogens is 1. The average molecular weight is 331 g/mol. The van der Waals surface area contributed by atoms with Gasteiger partial charge < -0.3 is 5.32 Å².